The highest BCUT2D eigenvalue weighted by atomic mass is 35.5. The number of fused-ring (bicyclic) bond motifs is 2. The summed E-state index contributed by atoms with van der Waals surface area (Å²) in [4.78, 5) is 9.18. The van der Waals surface area contributed by atoms with Gasteiger partial charge in [-0.05, 0) is 72.3 Å². The maximum Gasteiger partial charge on any atom is 0.204 e. The van der Waals surface area contributed by atoms with Crippen LogP contribution in [0.25, 0.3) is 22.1 Å². The minimum Gasteiger partial charge on any atom is -0.381 e. The molecule has 0 aliphatic carbocycles. The fraction of sp³-hybridized carbons (Fsp3) is 0.462. The van der Waals surface area contributed by atoms with Crippen LogP contribution in [0, 0.1) is 11.8 Å². The molecule has 2 fully saturated rings. The Kier molecular flexibility index (Phi) is 6.86. The van der Waals surface area contributed by atoms with Gasteiger partial charge in [0.2, 0.25) is 10.6 Å². The van der Waals surface area contributed by atoms with Crippen molar-refractivity contribution in [2.75, 3.05) is 26.4 Å². The normalized spacial score (nSPS) is 25.1. The molecule has 6 nitrogen and oxygen atoms in total. The van der Waals surface area contributed by atoms with E-state index in [0.717, 1.165) is 49.0 Å². The SMILES string of the molecule is C[C@H]1COCC[C@@H]1n1c(Cl)nc2ccc(C[C@H]3COCC[C@@H]3n3c(Cl)nc4cc(Cl)cc(Cl)c43)cc21. The number of benzene rings is 2. The molecular weight excluding hydrogens is 542 g/mol. The minimum absolute atomic E-state index is 0.0923. The average Bonchev–Trinajstić information content (AvgIpc) is 3.35. The van der Waals surface area contributed by atoms with Gasteiger partial charge in [-0.1, -0.05) is 36.2 Å². The summed E-state index contributed by atoms with van der Waals surface area (Å²) in [5.41, 5.74) is 4.69. The number of rotatable bonds is 4. The predicted octanol–water partition coefficient (Wildman–Crippen LogP) is 7.42. The highest BCUT2D eigenvalue weighted by Crippen LogP contribution is 2.39. The predicted molar refractivity (Wildman–Crippen MR) is 145 cm³/mol. The molecule has 4 aromatic rings. The number of hydrogen-bond donors (Lipinski definition) is 0. The number of hydrogen-bond acceptors (Lipinski definition) is 4. The van der Waals surface area contributed by atoms with E-state index in [1.165, 1.54) is 5.56 Å². The van der Waals surface area contributed by atoms with Gasteiger partial charge in [-0.25, -0.2) is 9.97 Å². The van der Waals surface area contributed by atoms with Gasteiger partial charge >= 0.3 is 0 Å². The molecule has 2 aromatic carbocycles. The van der Waals surface area contributed by atoms with Crippen molar-refractivity contribution in [3.63, 3.8) is 0 Å². The van der Waals surface area contributed by atoms with E-state index in [1.807, 2.05) is 0 Å². The van der Waals surface area contributed by atoms with E-state index < -0.39 is 0 Å². The first kappa shape index (κ1) is 24.8. The van der Waals surface area contributed by atoms with Gasteiger partial charge in [0.05, 0.1) is 40.3 Å². The van der Waals surface area contributed by atoms with Crippen molar-refractivity contribution in [3.8, 4) is 0 Å². The summed E-state index contributed by atoms with van der Waals surface area (Å²) >= 11 is 26.1. The van der Waals surface area contributed by atoms with Crippen LogP contribution in [0.1, 0.15) is 37.4 Å². The van der Waals surface area contributed by atoms with Gasteiger partial charge in [0.15, 0.2) is 0 Å². The summed E-state index contributed by atoms with van der Waals surface area (Å²) in [6.45, 7) is 4.96. The van der Waals surface area contributed by atoms with E-state index in [0.29, 0.717) is 45.3 Å². The van der Waals surface area contributed by atoms with E-state index in [1.54, 1.807) is 12.1 Å². The van der Waals surface area contributed by atoms with Crippen molar-refractivity contribution in [2.45, 2.75) is 38.3 Å². The van der Waals surface area contributed by atoms with E-state index in [2.05, 4.69) is 44.2 Å². The maximum atomic E-state index is 6.67. The van der Waals surface area contributed by atoms with E-state index in [-0.39, 0.29) is 18.0 Å². The molecule has 6 rings (SSSR count). The second-order valence-electron chi connectivity index (χ2n) is 9.88. The molecule has 36 heavy (non-hydrogen) atoms. The van der Waals surface area contributed by atoms with E-state index in [4.69, 9.17) is 55.9 Å². The minimum atomic E-state index is 0.0923. The first-order valence-electron chi connectivity index (χ1n) is 12.2. The Bertz CT molecular complexity index is 1430. The van der Waals surface area contributed by atoms with Crippen LogP contribution in [0.3, 0.4) is 0 Å². The van der Waals surface area contributed by atoms with Crippen LogP contribution in [0.2, 0.25) is 20.6 Å². The van der Waals surface area contributed by atoms with E-state index in [9.17, 15) is 0 Å². The van der Waals surface area contributed by atoms with Crippen LogP contribution in [-0.4, -0.2) is 45.5 Å². The highest BCUT2D eigenvalue weighted by molar-refractivity contribution is 6.39. The lowest BCUT2D eigenvalue weighted by Crippen LogP contribution is -2.31. The lowest BCUT2D eigenvalue weighted by molar-refractivity contribution is 0.0226. The fourth-order valence-electron chi connectivity index (χ4n) is 5.85. The zero-order valence-corrected chi connectivity index (χ0v) is 22.8. The topological polar surface area (TPSA) is 54.1 Å². The molecular formula is C26H26Cl4N4O2. The molecule has 0 N–H and O–H groups in total. The molecule has 2 aliphatic rings. The van der Waals surface area contributed by atoms with Crippen LogP contribution >= 0.6 is 46.4 Å². The molecule has 0 radical (unpaired) electrons. The number of imidazole rings is 2. The summed E-state index contributed by atoms with van der Waals surface area (Å²) in [5.74, 6) is 0.551. The van der Waals surface area contributed by atoms with Crippen LogP contribution in [-0.2, 0) is 15.9 Å². The highest BCUT2D eigenvalue weighted by Gasteiger charge is 2.32. The van der Waals surface area contributed by atoms with Gasteiger partial charge in [-0.3, -0.25) is 0 Å². The summed E-state index contributed by atoms with van der Waals surface area (Å²) in [5, 5.41) is 2.04. The maximum absolute atomic E-state index is 6.67. The molecule has 0 amide bonds. The smallest absolute Gasteiger partial charge is 0.204 e. The van der Waals surface area contributed by atoms with Crippen molar-refractivity contribution < 1.29 is 9.47 Å². The molecule has 0 bridgehead atoms. The van der Waals surface area contributed by atoms with Crippen molar-refractivity contribution >= 4 is 68.5 Å². The molecule has 4 heterocycles. The lowest BCUT2D eigenvalue weighted by Gasteiger charge is -2.33. The van der Waals surface area contributed by atoms with Crippen LogP contribution in [0.15, 0.2) is 30.3 Å². The zero-order chi connectivity index (χ0) is 25.0. The Labute approximate surface area is 229 Å². The quantitative estimate of drug-likeness (QED) is 0.257. The van der Waals surface area contributed by atoms with Crippen LogP contribution < -0.4 is 0 Å². The molecule has 0 spiro atoms. The Morgan fingerprint density at radius 3 is 2.39 bits per heavy atom. The molecule has 190 valence electrons. The van der Waals surface area contributed by atoms with E-state index >= 15 is 0 Å². The van der Waals surface area contributed by atoms with Gasteiger partial charge in [-0.2, -0.15) is 0 Å². The third kappa shape index (κ3) is 4.40. The summed E-state index contributed by atoms with van der Waals surface area (Å²) < 4.78 is 15.8. The third-order valence-corrected chi connectivity index (χ3v) is 8.60. The average molecular weight is 568 g/mol. The number of nitrogens with zero attached hydrogens (tertiary/aromatic N) is 4. The first-order chi connectivity index (χ1) is 17.4. The Morgan fingerprint density at radius 2 is 1.58 bits per heavy atom. The molecule has 2 aromatic heterocycles. The van der Waals surface area contributed by atoms with Gasteiger partial charge in [0.1, 0.15) is 0 Å². The summed E-state index contributed by atoms with van der Waals surface area (Å²) in [6, 6.07) is 10.3. The summed E-state index contributed by atoms with van der Waals surface area (Å²) in [7, 11) is 0. The second-order valence-corrected chi connectivity index (χ2v) is 11.4. The Morgan fingerprint density at radius 1 is 0.861 bits per heavy atom. The van der Waals surface area contributed by atoms with Crippen LogP contribution in [0.5, 0.6) is 0 Å². The van der Waals surface area contributed by atoms with Crippen molar-refractivity contribution in [1.82, 2.24) is 19.1 Å². The fourth-order valence-corrected chi connectivity index (χ4v) is 7.03. The molecule has 0 saturated carbocycles. The third-order valence-electron chi connectivity index (χ3n) is 7.56. The zero-order valence-electron chi connectivity index (χ0n) is 19.8. The van der Waals surface area contributed by atoms with Crippen LogP contribution in [0.4, 0.5) is 0 Å². The lowest BCUT2D eigenvalue weighted by atomic mass is 9.89. The first-order valence-corrected chi connectivity index (χ1v) is 13.8. The van der Waals surface area contributed by atoms with Crippen molar-refractivity contribution in [3.05, 3.63) is 56.5 Å². The number of halogens is 4. The summed E-state index contributed by atoms with van der Waals surface area (Å²) in [6.07, 6.45) is 2.56. The number of aromatic nitrogens is 4. The molecule has 0 unspecified atom stereocenters. The standard InChI is InChI=1S/C26H26Cl4N4O2/c1-14-12-35-6-4-21(14)33-23-9-15(2-3-19(23)31-25(33)29)8-16-13-36-7-5-22(16)34-24-18(28)10-17(27)11-20(24)32-26(34)30/h2-3,9-11,14,16,21-22H,4-8,12-13H2,1H3/t14-,16-,21-,22-/m0/s1. The molecule has 2 aliphatic heterocycles. The number of ether oxygens (including phenoxy) is 2. The second kappa shape index (κ2) is 9.97. The van der Waals surface area contributed by atoms with Gasteiger partial charge < -0.3 is 18.6 Å². The van der Waals surface area contributed by atoms with Crippen molar-refractivity contribution in [1.29, 1.82) is 0 Å². The molecule has 10 heteroatoms. The monoisotopic (exact) mass is 566 g/mol. The Balaban J connectivity index is 1.36. The van der Waals surface area contributed by atoms with Gasteiger partial charge in [0, 0.05) is 42.2 Å². The van der Waals surface area contributed by atoms with Crippen molar-refractivity contribution in [2.24, 2.45) is 11.8 Å². The Hall–Kier alpha value is -1.54. The van der Waals surface area contributed by atoms with Gasteiger partial charge in [-0.15, -0.1) is 0 Å². The van der Waals surface area contributed by atoms with Gasteiger partial charge in [0.25, 0.3) is 0 Å². The molecule has 2 saturated heterocycles. The largest absolute Gasteiger partial charge is 0.381 e. The molecule has 4 atom stereocenters.